The highest BCUT2D eigenvalue weighted by Crippen LogP contribution is 2.44. The van der Waals surface area contributed by atoms with Crippen molar-refractivity contribution in [2.75, 3.05) is 0 Å². The van der Waals surface area contributed by atoms with Crippen LogP contribution in [0.4, 0.5) is 0 Å². The first kappa shape index (κ1) is 24.6. The largest absolute Gasteiger partial charge is 0.114 e. The Morgan fingerprint density at radius 1 is 0.349 bits per heavy atom. The monoisotopic (exact) mass is 562 g/mol. The van der Waals surface area contributed by atoms with Gasteiger partial charge in [0.05, 0.1) is 0 Å². The molecule has 8 aromatic rings. The molecule has 1 heteroatoms. The predicted molar refractivity (Wildman–Crippen MR) is 190 cm³/mol. The average molecular weight is 563 g/mol. The van der Waals surface area contributed by atoms with Crippen LogP contribution in [0.5, 0.6) is 0 Å². The Labute approximate surface area is 252 Å². The van der Waals surface area contributed by atoms with Crippen LogP contribution >= 0.6 is 0 Å². The molecular weight excluding hydrogens is 533 g/mol. The molecule has 0 radical (unpaired) electrons. The van der Waals surface area contributed by atoms with Crippen LogP contribution in [-0.4, -0.2) is 8.07 Å². The van der Waals surface area contributed by atoms with E-state index in [1.54, 1.807) is 10.4 Å². The minimum atomic E-state index is -1.90. The highest BCUT2D eigenvalue weighted by molar-refractivity contribution is 7.04. The van der Waals surface area contributed by atoms with Crippen LogP contribution in [0.2, 0.25) is 13.1 Å². The Bertz CT molecular complexity index is 2420. The zero-order valence-electron chi connectivity index (χ0n) is 24.4. The van der Waals surface area contributed by atoms with Crippen molar-refractivity contribution in [2.24, 2.45) is 0 Å². The smallest absolute Gasteiger partial charge is 0.0623 e. The lowest BCUT2D eigenvalue weighted by Gasteiger charge is -2.23. The highest BCUT2D eigenvalue weighted by atomic mass is 28.3. The topological polar surface area (TPSA) is 0 Å². The molecule has 0 spiro atoms. The molecule has 0 amide bonds. The zero-order valence-corrected chi connectivity index (χ0v) is 25.4. The number of fused-ring (bicyclic) bond motifs is 9. The average Bonchev–Trinajstić information content (AvgIpc) is 3.30. The molecule has 0 unspecified atom stereocenters. The van der Waals surface area contributed by atoms with E-state index in [1.165, 1.54) is 76.5 Å². The van der Waals surface area contributed by atoms with Crippen LogP contribution in [0.15, 0.2) is 146 Å². The molecule has 0 atom stereocenters. The van der Waals surface area contributed by atoms with E-state index < -0.39 is 8.07 Å². The standard InChI is InChI=1S/C42H30Si/c1-43(2)40-24-10-9-18-33(40)36-22-12-23-37(42(36)43)39-26-28-25-38(30-21-11-14-27-13-3-4-15-29(27)30)31-16-5-7-19-34(31)41(28)35-20-8-6-17-32(35)39/h3-26H,1-2H3. The highest BCUT2D eigenvalue weighted by Gasteiger charge is 2.39. The summed E-state index contributed by atoms with van der Waals surface area (Å²) in [5.74, 6) is 0. The van der Waals surface area contributed by atoms with Gasteiger partial charge in [-0.15, -0.1) is 0 Å². The Kier molecular flexibility index (Phi) is 5.15. The SMILES string of the molecule is C[Si]1(C)c2ccccc2-c2cccc(-c3cc4cc(-c5cccc6ccccc56)c5ccccc5c4c4ccccc34)c21. The van der Waals surface area contributed by atoms with Gasteiger partial charge in [-0.1, -0.05) is 147 Å². The van der Waals surface area contributed by atoms with Gasteiger partial charge >= 0.3 is 0 Å². The lowest BCUT2D eigenvalue weighted by molar-refractivity contribution is 1.67. The van der Waals surface area contributed by atoms with E-state index in [9.17, 15) is 0 Å². The maximum absolute atomic E-state index is 2.52. The number of rotatable bonds is 2. The predicted octanol–water partition coefficient (Wildman–Crippen LogP) is 10.4. The van der Waals surface area contributed by atoms with Gasteiger partial charge in [0, 0.05) is 0 Å². The molecule has 0 aliphatic carbocycles. The van der Waals surface area contributed by atoms with E-state index in [0.717, 1.165) is 0 Å². The Morgan fingerprint density at radius 3 is 1.53 bits per heavy atom. The molecule has 8 aromatic carbocycles. The molecule has 202 valence electrons. The van der Waals surface area contributed by atoms with E-state index >= 15 is 0 Å². The van der Waals surface area contributed by atoms with Crippen molar-refractivity contribution in [2.45, 2.75) is 13.1 Å². The third kappa shape index (κ3) is 3.43. The second kappa shape index (κ2) is 9.01. The molecule has 0 aromatic heterocycles. The first-order valence-electron chi connectivity index (χ1n) is 15.2. The molecule has 43 heavy (non-hydrogen) atoms. The van der Waals surface area contributed by atoms with E-state index in [0.29, 0.717) is 0 Å². The minimum Gasteiger partial charge on any atom is -0.0623 e. The van der Waals surface area contributed by atoms with Gasteiger partial charge in [-0.2, -0.15) is 0 Å². The van der Waals surface area contributed by atoms with Crippen molar-refractivity contribution in [1.29, 1.82) is 0 Å². The molecular formula is C42H30Si. The Morgan fingerprint density at radius 2 is 0.814 bits per heavy atom. The molecule has 1 heterocycles. The van der Waals surface area contributed by atoms with Crippen molar-refractivity contribution in [3.8, 4) is 33.4 Å². The fourth-order valence-corrected chi connectivity index (χ4v) is 11.4. The maximum Gasteiger partial charge on any atom is 0.114 e. The summed E-state index contributed by atoms with van der Waals surface area (Å²) in [7, 11) is -1.90. The van der Waals surface area contributed by atoms with Crippen molar-refractivity contribution in [3.63, 3.8) is 0 Å². The summed E-state index contributed by atoms with van der Waals surface area (Å²) in [6.07, 6.45) is 0. The van der Waals surface area contributed by atoms with Crippen molar-refractivity contribution in [3.05, 3.63) is 146 Å². The van der Waals surface area contributed by atoms with E-state index in [1.807, 2.05) is 0 Å². The lowest BCUT2D eigenvalue weighted by atomic mass is 9.86. The number of hydrogen-bond acceptors (Lipinski definition) is 0. The van der Waals surface area contributed by atoms with Crippen LogP contribution in [-0.2, 0) is 0 Å². The molecule has 9 rings (SSSR count). The van der Waals surface area contributed by atoms with Crippen molar-refractivity contribution >= 4 is 61.5 Å². The lowest BCUT2D eigenvalue weighted by Crippen LogP contribution is -2.50. The van der Waals surface area contributed by atoms with Gasteiger partial charge in [0.2, 0.25) is 0 Å². The molecule has 0 saturated carbocycles. The van der Waals surface area contributed by atoms with Gasteiger partial charge in [-0.05, 0) is 99.0 Å². The normalized spacial score (nSPS) is 13.5. The first-order valence-corrected chi connectivity index (χ1v) is 18.2. The van der Waals surface area contributed by atoms with Crippen LogP contribution < -0.4 is 10.4 Å². The molecule has 0 saturated heterocycles. The summed E-state index contributed by atoms with van der Waals surface area (Å²) in [6, 6.07) is 54.5. The second-order valence-electron chi connectivity index (χ2n) is 12.5. The molecule has 0 bridgehead atoms. The van der Waals surface area contributed by atoms with Crippen LogP contribution in [0.25, 0.3) is 76.5 Å². The fraction of sp³-hybridized carbons (Fsp3) is 0.0476. The molecule has 1 aliphatic rings. The summed E-state index contributed by atoms with van der Waals surface area (Å²) >= 11 is 0. The minimum absolute atomic E-state index is 1.27. The van der Waals surface area contributed by atoms with Crippen molar-refractivity contribution in [1.82, 2.24) is 0 Å². The molecule has 0 N–H and O–H groups in total. The number of hydrogen-bond donors (Lipinski definition) is 0. The molecule has 0 fully saturated rings. The summed E-state index contributed by atoms with van der Waals surface area (Å²) < 4.78 is 0. The summed E-state index contributed by atoms with van der Waals surface area (Å²) in [4.78, 5) is 0. The summed E-state index contributed by atoms with van der Waals surface area (Å²) in [6.45, 7) is 5.05. The van der Waals surface area contributed by atoms with E-state index in [4.69, 9.17) is 0 Å². The third-order valence-electron chi connectivity index (χ3n) is 9.81. The van der Waals surface area contributed by atoms with Gasteiger partial charge in [0.1, 0.15) is 8.07 Å². The van der Waals surface area contributed by atoms with Crippen LogP contribution in [0, 0.1) is 0 Å². The zero-order chi connectivity index (χ0) is 28.7. The summed E-state index contributed by atoms with van der Waals surface area (Å²) in [5, 5.41) is 13.6. The maximum atomic E-state index is 2.52. The van der Waals surface area contributed by atoms with Gasteiger partial charge < -0.3 is 0 Å². The first-order chi connectivity index (χ1) is 21.1. The van der Waals surface area contributed by atoms with E-state index in [-0.39, 0.29) is 0 Å². The fourth-order valence-electron chi connectivity index (χ4n) is 7.96. The summed E-state index contributed by atoms with van der Waals surface area (Å²) in [5.41, 5.74) is 8.15. The van der Waals surface area contributed by atoms with Gasteiger partial charge in [-0.3, -0.25) is 0 Å². The Hall–Kier alpha value is -4.98. The number of benzene rings is 8. The van der Waals surface area contributed by atoms with Gasteiger partial charge in [0.25, 0.3) is 0 Å². The van der Waals surface area contributed by atoms with Gasteiger partial charge in [0.15, 0.2) is 0 Å². The third-order valence-corrected chi connectivity index (χ3v) is 13.4. The van der Waals surface area contributed by atoms with E-state index in [2.05, 4.69) is 159 Å². The second-order valence-corrected chi connectivity index (χ2v) is 16.8. The van der Waals surface area contributed by atoms with Crippen LogP contribution in [0.1, 0.15) is 0 Å². The van der Waals surface area contributed by atoms with Crippen LogP contribution in [0.3, 0.4) is 0 Å². The molecule has 0 nitrogen and oxygen atoms in total. The van der Waals surface area contributed by atoms with Gasteiger partial charge in [-0.25, -0.2) is 0 Å². The quantitative estimate of drug-likeness (QED) is 0.145. The Balaban J connectivity index is 1.42. The van der Waals surface area contributed by atoms with Crippen molar-refractivity contribution < 1.29 is 0 Å². The molecule has 1 aliphatic heterocycles.